The van der Waals surface area contributed by atoms with Crippen LogP contribution >= 0.6 is 0 Å². The van der Waals surface area contributed by atoms with E-state index in [0.29, 0.717) is 49.1 Å². The first-order chi connectivity index (χ1) is 23.3. The van der Waals surface area contributed by atoms with Crippen LogP contribution in [0.4, 0.5) is 19.0 Å². The maximum Gasteiger partial charge on any atom is 0.319 e. The van der Waals surface area contributed by atoms with E-state index in [0.717, 1.165) is 37.8 Å². The van der Waals surface area contributed by atoms with Crippen molar-refractivity contribution in [1.82, 2.24) is 20.2 Å². The smallest absolute Gasteiger partial charge is 0.319 e. The van der Waals surface area contributed by atoms with Gasteiger partial charge in [-0.3, -0.25) is 4.90 Å². The Bertz CT molecular complexity index is 1950. The molecule has 9 nitrogen and oxygen atoms in total. The number of phenols is 1. The third-order valence-corrected chi connectivity index (χ3v) is 11.3. The van der Waals surface area contributed by atoms with E-state index >= 15 is 8.78 Å². The number of benzene rings is 3. The SMILES string of the molecule is COCCc1cccc2cc(O)cc(-c3c(F)c4c5c(nc(OC[C@]67CCCN6C[C@H](F)C7)nc5c3F)N3CC5CCC(N5)C3CO4)c12. The Morgan fingerprint density at radius 2 is 2.02 bits per heavy atom. The third-order valence-electron chi connectivity index (χ3n) is 11.3. The largest absolute Gasteiger partial charge is 0.508 e. The van der Waals surface area contributed by atoms with E-state index in [4.69, 9.17) is 19.2 Å². The van der Waals surface area contributed by atoms with Gasteiger partial charge in [-0.05, 0) is 72.7 Å². The minimum atomic E-state index is -0.929. The van der Waals surface area contributed by atoms with Gasteiger partial charge in [-0.2, -0.15) is 9.97 Å². The van der Waals surface area contributed by atoms with Crippen molar-refractivity contribution in [1.29, 1.82) is 0 Å². The molecule has 252 valence electrons. The summed E-state index contributed by atoms with van der Waals surface area (Å²) in [6, 6.07) is 8.65. The Morgan fingerprint density at radius 3 is 2.90 bits per heavy atom. The Kier molecular flexibility index (Phi) is 7.14. The van der Waals surface area contributed by atoms with Crippen LogP contribution < -0.4 is 19.7 Å². The van der Waals surface area contributed by atoms with Gasteiger partial charge in [0.05, 0.1) is 29.1 Å². The lowest BCUT2D eigenvalue weighted by atomic mass is 9.91. The second-order valence-corrected chi connectivity index (χ2v) is 14.1. The number of aromatic hydroxyl groups is 1. The number of ether oxygens (including phenoxy) is 3. The number of alkyl halides is 1. The zero-order valence-corrected chi connectivity index (χ0v) is 26.8. The number of phenolic OH excluding ortho intramolecular Hbond substituents is 1. The molecule has 5 aliphatic rings. The van der Waals surface area contributed by atoms with Crippen LogP contribution in [0.1, 0.15) is 37.7 Å². The van der Waals surface area contributed by atoms with Crippen molar-refractivity contribution in [3.05, 3.63) is 47.5 Å². The fourth-order valence-corrected chi connectivity index (χ4v) is 9.14. The molecule has 9 rings (SSSR count). The third kappa shape index (κ3) is 4.63. The number of hydrogen-bond donors (Lipinski definition) is 2. The molecule has 4 saturated heterocycles. The quantitative estimate of drug-likeness (QED) is 0.275. The minimum Gasteiger partial charge on any atom is -0.508 e. The molecule has 4 aromatic rings. The van der Waals surface area contributed by atoms with Crippen LogP contribution in [0.15, 0.2) is 30.3 Å². The lowest BCUT2D eigenvalue weighted by molar-refractivity contribution is 0.107. The van der Waals surface area contributed by atoms with Crippen molar-refractivity contribution in [3.8, 4) is 28.6 Å². The van der Waals surface area contributed by atoms with Crippen LogP contribution in [0.3, 0.4) is 0 Å². The van der Waals surface area contributed by atoms with E-state index in [9.17, 15) is 9.50 Å². The summed E-state index contributed by atoms with van der Waals surface area (Å²) >= 11 is 0. The summed E-state index contributed by atoms with van der Waals surface area (Å²) in [5, 5.41) is 15.8. The molecule has 6 heterocycles. The van der Waals surface area contributed by atoms with Gasteiger partial charge in [-0.1, -0.05) is 18.2 Å². The summed E-state index contributed by atoms with van der Waals surface area (Å²) in [5.74, 6) is -1.62. The zero-order chi connectivity index (χ0) is 32.7. The highest BCUT2D eigenvalue weighted by Crippen LogP contribution is 2.49. The summed E-state index contributed by atoms with van der Waals surface area (Å²) in [7, 11) is 1.60. The zero-order valence-electron chi connectivity index (χ0n) is 26.8. The topological polar surface area (TPSA) is 92.2 Å². The van der Waals surface area contributed by atoms with Gasteiger partial charge >= 0.3 is 6.01 Å². The van der Waals surface area contributed by atoms with Gasteiger partial charge in [0.1, 0.15) is 36.5 Å². The molecule has 1 aromatic heterocycles. The van der Waals surface area contributed by atoms with E-state index in [-0.39, 0.29) is 70.9 Å². The maximum atomic E-state index is 17.3. The number of hydrogen-bond acceptors (Lipinski definition) is 9. The number of nitrogens with zero attached hydrogens (tertiary/aromatic N) is 4. The van der Waals surface area contributed by atoms with Gasteiger partial charge in [0.2, 0.25) is 0 Å². The highest BCUT2D eigenvalue weighted by Gasteiger charge is 2.50. The van der Waals surface area contributed by atoms with Crippen molar-refractivity contribution >= 4 is 27.5 Å². The molecule has 48 heavy (non-hydrogen) atoms. The molecule has 3 unspecified atom stereocenters. The Hall–Kier alpha value is -3.87. The first kappa shape index (κ1) is 30.2. The fraction of sp³-hybridized carbons (Fsp3) is 0.500. The maximum absolute atomic E-state index is 17.3. The molecule has 12 heteroatoms. The van der Waals surface area contributed by atoms with Crippen molar-refractivity contribution in [3.63, 3.8) is 0 Å². The predicted octanol–water partition coefficient (Wildman–Crippen LogP) is 5.28. The van der Waals surface area contributed by atoms with Crippen molar-refractivity contribution in [2.45, 2.75) is 68.4 Å². The monoisotopic (exact) mass is 661 g/mol. The molecule has 0 aliphatic carbocycles. The Balaban J connectivity index is 1.25. The van der Waals surface area contributed by atoms with Crippen LogP contribution in [-0.2, 0) is 11.2 Å². The second-order valence-electron chi connectivity index (χ2n) is 14.1. The number of fused-ring (bicyclic) bond motifs is 7. The normalized spacial score (nSPS) is 27.7. The van der Waals surface area contributed by atoms with Crippen LogP contribution in [0, 0.1) is 11.6 Å². The summed E-state index contributed by atoms with van der Waals surface area (Å²) in [6.07, 6.45) is 3.62. The lowest BCUT2D eigenvalue weighted by Gasteiger charge is -2.40. The van der Waals surface area contributed by atoms with Crippen molar-refractivity contribution in [2.75, 3.05) is 51.5 Å². The molecular formula is C36H38F3N5O4. The lowest BCUT2D eigenvalue weighted by Crippen LogP contribution is -2.60. The molecule has 0 amide bonds. The number of halogens is 3. The van der Waals surface area contributed by atoms with Gasteiger partial charge in [-0.15, -0.1) is 0 Å². The van der Waals surface area contributed by atoms with Crippen molar-refractivity contribution < 1.29 is 32.5 Å². The number of methoxy groups -OCH3 is 1. The van der Waals surface area contributed by atoms with Gasteiger partial charge in [0.25, 0.3) is 0 Å². The Morgan fingerprint density at radius 1 is 1.12 bits per heavy atom. The summed E-state index contributed by atoms with van der Waals surface area (Å²) < 4.78 is 66.8. The van der Waals surface area contributed by atoms with Crippen LogP contribution in [-0.4, -0.2) is 96.4 Å². The molecule has 2 N–H and O–H groups in total. The number of aromatic nitrogens is 2. The molecule has 5 aliphatic heterocycles. The molecule has 5 atom stereocenters. The first-order valence-corrected chi connectivity index (χ1v) is 17.0. The van der Waals surface area contributed by atoms with Gasteiger partial charge in [0.15, 0.2) is 17.4 Å². The molecule has 4 fully saturated rings. The van der Waals surface area contributed by atoms with Gasteiger partial charge < -0.3 is 29.5 Å². The number of piperazine rings is 1. The van der Waals surface area contributed by atoms with Crippen LogP contribution in [0.25, 0.3) is 32.8 Å². The second kappa shape index (κ2) is 11.3. The van der Waals surface area contributed by atoms with E-state index in [1.54, 1.807) is 19.2 Å². The predicted molar refractivity (Wildman–Crippen MR) is 175 cm³/mol. The van der Waals surface area contributed by atoms with E-state index in [1.807, 2.05) is 12.1 Å². The summed E-state index contributed by atoms with van der Waals surface area (Å²) in [6.45, 7) is 2.53. The molecule has 0 spiro atoms. The highest BCUT2D eigenvalue weighted by molar-refractivity contribution is 6.05. The average molecular weight is 662 g/mol. The summed E-state index contributed by atoms with van der Waals surface area (Å²) in [4.78, 5) is 13.7. The molecule has 3 aromatic carbocycles. The van der Waals surface area contributed by atoms with E-state index in [1.165, 1.54) is 6.07 Å². The minimum absolute atomic E-state index is 0.0310. The standard InChI is InChI=1S/C36H38F3N5O4/c1-46-11-8-19-4-2-5-20-12-23(45)13-24(27(19)20)28-30(38)32-29-33(31(28)39)47-17-26-25-7-6-22(40-25)16-44(26)34(29)42-35(41-32)48-18-36-9-3-10-43(36)15-21(37)14-36/h2,4-5,12-13,21-22,25-26,40,45H,3,6-11,14-18H2,1H3/t21-,22?,25?,26?,36-/m1/s1. The van der Waals surface area contributed by atoms with Gasteiger partial charge in [0, 0.05) is 38.7 Å². The number of anilines is 1. The summed E-state index contributed by atoms with van der Waals surface area (Å²) in [5.41, 5.74) is 0.107. The number of nitrogens with one attached hydrogen (secondary N) is 1. The molecule has 2 bridgehead atoms. The van der Waals surface area contributed by atoms with E-state index in [2.05, 4.69) is 20.1 Å². The Labute approximate surface area is 276 Å². The van der Waals surface area contributed by atoms with Crippen molar-refractivity contribution in [2.24, 2.45) is 0 Å². The van der Waals surface area contributed by atoms with Gasteiger partial charge in [-0.25, -0.2) is 13.2 Å². The molecule has 0 radical (unpaired) electrons. The average Bonchev–Trinajstić information content (AvgIpc) is 3.70. The van der Waals surface area contributed by atoms with E-state index < -0.39 is 23.3 Å². The first-order valence-electron chi connectivity index (χ1n) is 17.0. The molecular weight excluding hydrogens is 623 g/mol. The highest BCUT2D eigenvalue weighted by atomic mass is 19.1. The van der Waals surface area contributed by atoms with Crippen LogP contribution in [0.2, 0.25) is 0 Å². The fourth-order valence-electron chi connectivity index (χ4n) is 9.14. The number of rotatable bonds is 7. The van der Waals surface area contributed by atoms with Crippen LogP contribution in [0.5, 0.6) is 17.5 Å². The molecule has 0 saturated carbocycles.